The summed E-state index contributed by atoms with van der Waals surface area (Å²) in [6.07, 6.45) is 0. The Kier molecular flexibility index (Phi) is 7.80. The molecular formula is C54H26F2N8S. The molecule has 65 heavy (non-hydrogen) atoms. The van der Waals surface area contributed by atoms with Gasteiger partial charge in [0, 0.05) is 52.8 Å². The van der Waals surface area contributed by atoms with Crippen molar-refractivity contribution in [3.05, 3.63) is 181 Å². The predicted molar refractivity (Wildman–Crippen MR) is 254 cm³/mol. The third-order valence-electron chi connectivity index (χ3n) is 12.3. The summed E-state index contributed by atoms with van der Waals surface area (Å²) in [5, 5.41) is 24.5. The predicted octanol–water partition coefficient (Wildman–Crippen LogP) is 13.5. The quantitative estimate of drug-likeness (QED) is 0.174. The van der Waals surface area contributed by atoms with Crippen LogP contribution < -0.4 is 0 Å². The molecule has 0 amide bonds. The number of halogens is 2. The van der Waals surface area contributed by atoms with Crippen LogP contribution in [0, 0.1) is 34.3 Å². The van der Waals surface area contributed by atoms with Gasteiger partial charge in [0.2, 0.25) is 0 Å². The fourth-order valence-electron chi connectivity index (χ4n) is 9.65. The first-order valence-electron chi connectivity index (χ1n) is 20.7. The number of nitrogens with zero attached hydrogens (tertiary/aromatic N) is 8. The molecule has 0 saturated heterocycles. The van der Waals surface area contributed by atoms with E-state index < -0.39 is 0 Å². The van der Waals surface area contributed by atoms with Crippen molar-refractivity contribution in [1.29, 1.82) is 10.5 Å². The highest BCUT2D eigenvalue weighted by Gasteiger charge is 2.32. The number of fused-ring (bicyclic) bond motifs is 11. The van der Waals surface area contributed by atoms with Gasteiger partial charge in [0.25, 0.3) is 0 Å². The van der Waals surface area contributed by atoms with Crippen molar-refractivity contribution in [3.63, 3.8) is 0 Å². The van der Waals surface area contributed by atoms with Crippen LogP contribution in [0.4, 0.5) is 8.78 Å². The van der Waals surface area contributed by atoms with Crippen LogP contribution in [0.15, 0.2) is 158 Å². The van der Waals surface area contributed by atoms with E-state index in [1.165, 1.54) is 12.1 Å². The second-order valence-electron chi connectivity index (χ2n) is 15.9. The number of para-hydroxylation sites is 2. The van der Waals surface area contributed by atoms with Crippen molar-refractivity contribution >= 4 is 97.2 Å². The number of benzene rings is 6. The van der Waals surface area contributed by atoms with E-state index in [-0.39, 0.29) is 23.0 Å². The normalized spacial score (nSPS) is 11.8. The smallest absolute Gasteiger partial charge is 0.141 e. The summed E-state index contributed by atoms with van der Waals surface area (Å²) in [6, 6.07) is 53.0. The van der Waals surface area contributed by atoms with Crippen molar-refractivity contribution in [2.24, 2.45) is 0 Å². The number of rotatable bonds is 4. The van der Waals surface area contributed by atoms with E-state index in [4.69, 9.17) is 9.97 Å². The number of aromatic nitrogens is 6. The molecule has 0 aliphatic carbocycles. The topological polar surface area (TPSA) is 109 Å². The highest BCUT2D eigenvalue weighted by molar-refractivity contribution is 7.26. The van der Waals surface area contributed by atoms with Crippen LogP contribution in [0.3, 0.4) is 0 Å². The van der Waals surface area contributed by atoms with Gasteiger partial charge in [-0.05, 0) is 103 Å². The monoisotopic (exact) mass is 856 g/mol. The number of pyridine rings is 4. The molecule has 0 fully saturated rings. The molecule has 0 radical (unpaired) electrons. The lowest BCUT2D eigenvalue weighted by atomic mass is 9.93. The van der Waals surface area contributed by atoms with Gasteiger partial charge in [-0.15, -0.1) is 11.3 Å². The molecule has 0 unspecified atom stereocenters. The molecule has 0 aliphatic rings. The lowest BCUT2D eigenvalue weighted by molar-refractivity contribution is 0.629. The lowest BCUT2D eigenvalue weighted by Gasteiger charge is -2.25. The van der Waals surface area contributed by atoms with E-state index in [2.05, 4.69) is 43.4 Å². The third kappa shape index (κ3) is 5.37. The van der Waals surface area contributed by atoms with Gasteiger partial charge in [0.15, 0.2) is 0 Å². The molecule has 0 saturated carbocycles. The van der Waals surface area contributed by atoms with E-state index in [9.17, 15) is 10.5 Å². The number of hydrogen-bond acceptors (Lipinski definition) is 7. The Labute approximate surface area is 370 Å². The maximum Gasteiger partial charge on any atom is 0.141 e. The molecule has 0 atom stereocenters. The van der Waals surface area contributed by atoms with Crippen molar-refractivity contribution in [3.8, 4) is 46.0 Å². The Hall–Kier alpha value is -8.90. The third-order valence-corrected chi connectivity index (χ3v) is 13.5. The zero-order chi connectivity index (χ0) is 43.5. The van der Waals surface area contributed by atoms with Gasteiger partial charge in [0.05, 0.1) is 66.9 Å². The molecule has 11 heteroatoms. The minimum absolute atomic E-state index is 0.285. The van der Waals surface area contributed by atoms with E-state index >= 15 is 8.78 Å². The summed E-state index contributed by atoms with van der Waals surface area (Å²) in [4.78, 5) is 19.9. The molecule has 0 bridgehead atoms. The Bertz CT molecular complexity index is 4320. The average Bonchev–Trinajstić information content (AvgIpc) is 4.00. The summed E-state index contributed by atoms with van der Waals surface area (Å²) < 4.78 is 37.4. The molecule has 7 aromatic heterocycles. The van der Waals surface area contributed by atoms with Gasteiger partial charge in [-0.2, -0.15) is 10.5 Å². The summed E-state index contributed by atoms with van der Waals surface area (Å²) in [5.41, 5.74) is 10.4. The van der Waals surface area contributed by atoms with Crippen LogP contribution in [0.5, 0.6) is 0 Å². The van der Waals surface area contributed by atoms with Gasteiger partial charge >= 0.3 is 0 Å². The Morgan fingerprint density at radius 2 is 0.877 bits per heavy atom. The zero-order valence-electron chi connectivity index (χ0n) is 33.8. The van der Waals surface area contributed by atoms with E-state index in [0.29, 0.717) is 33.5 Å². The average molecular weight is 857 g/mol. The van der Waals surface area contributed by atoms with Crippen LogP contribution in [-0.4, -0.2) is 29.1 Å². The number of nitriles is 2. The molecule has 13 rings (SSSR count). The van der Waals surface area contributed by atoms with Crippen LogP contribution >= 0.6 is 11.3 Å². The highest BCUT2D eigenvalue weighted by Crippen LogP contribution is 2.54. The van der Waals surface area contributed by atoms with Crippen LogP contribution in [0.2, 0.25) is 0 Å². The SMILES string of the molecule is N#Cc1ccc2nc(-c3c(-n4c5ccccc5c5cc(F)ccc54)c(-n4c5ccccc5c5cc(F)ccc54)c(-c4ccc5nc(C#N)ccc5n4)c4c3sc3ccccc34)ccc2n1. The second kappa shape index (κ2) is 13.8. The molecular weight excluding hydrogens is 831 g/mol. The number of thiophene rings is 1. The summed E-state index contributed by atoms with van der Waals surface area (Å²) >= 11 is 1.64. The first-order chi connectivity index (χ1) is 31.9. The Morgan fingerprint density at radius 1 is 0.431 bits per heavy atom. The van der Waals surface area contributed by atoms with Crippen molar-refractivity contribution in [1.82, 2.24) is 29.1 Å². The van der Waals surface area contributed by atoms with Crippen LogP contribution in [0.1, 0.15) is 11.4 Å². The van der Waals surface area contributed by atoms with Crippen molar-refractivity contribution in [2.75, 3.05) is 0 Å². The summed E-state index contributed by atoms with van der Waals surface area (Å²) in [6.45, 7) is 0. The first kappa shape index (κ1) is 36.7. The van der Waals surface area contributed by atoms with E-state index in [1.54, 1.807) is 35.6 Å². The van der Waals surface area contributed by atoms with Gasteiger partial charge in [0.1, 0.15) is 35.2 Å². The maximum atomic E-state index is 15.5. The fourth-order valence-corrected chi connectivity index (χ4v) is 10.9. The van der Waals surface area contributed by atoms with Gasteiger partial charge < -0.3 is 9.13 Å². The minimum atomic E-state index is -0.362. The Balaban J connectivity index is 1.35. The highest BCUT2D eigenvalue weighted by atomic mass is 32.1. The van der Waals surface area contributed by atoms with Crippen LogP contribution in [-0.2, 0) is 0 Å². The van der Waals surface area contributed by atoms with Gasteiger partial charge in [-0.25, -0.2) is 28.7 Å². The second-order valence-corrected chi connectivity index (χ2v) is 16.9. The minimum Gasteiger partial charge on any atom is -0.306 e. The molecule has 7 heterocycles. The van der Waals surface area contributed by atoms with Gasteiger partial charge in [-0.3, -0.25) is 0 Å². The van der Waals surface area contributed by atoms with E-state index in [0.717, 1.165) is 86.3 Å². The molecule has 302 valence electrons. The van der Waals surface area contributed by atoms with Gasteiger partial charge in [-0.1, -0.05) is 54.6 Å². The zero-order valence-corrected chi connectivity index (χ0v) is 34.6. The fraction of sp³-hybridized carbons (Fsp3) is 0. The molecule has 0 spiro atoms. The largest absolute Gasteiger partial charge is 0.306 e. The molecule has 0 aliphatic heterocycles. The van der Waals surface area contributed by atoms with E-state index in [1.807, 2.05) is 109 Å². The molecule has 0 N–H and O–H groups in total. The standard InChI is InChI=1S/C54H26F2N8S/c55-29-13-23-46-36(25-29)33-7-1-4-10-44(33)63(46)52-50(42-21-19-38-40(61-42)17-15-31(27-57)59-38)49-35-9-3-6-12-48(35)65-54(49)51(43-22-20-39-41(62-43)18-16-32(28-58)60-39)53(52)64-45-11-5-2-8-34(45)37-26-30(56)14-24-47(37)64/h1-26H. The molecule has 6 aromatic carbocycles. The summed E-state index contributed by atoms with van der Waals surface area (Å²) in [5.74, 6) is -0.723. The summed E-state index contributed by atoms with van der Waals surface area (Å²) in [7, 11) is 0. The lowest BCUT2D eigenvalue weighted by Crippen LogP contribution is -2.09. The number of hydrogen-bond donors (Lipinski definition) is 0. The maximum absolute atomic E-state index is 15.5. The van der Waals surface area contributed by atoms with Crippen molar-refractivity contribution < 1.29 is 8.78 Å². The molecule has 8 nitrogen and oxygen atoms in total. The van der Waals surface area contributed by atoms with Crippen LogP contribution in [0.25, 0.3) is 120 Å². The Morgan fingerprint density at radius 3 is 1.43 bits per heavy atom. The molecule has 13 aromatic rings. The van der Waals surface area contributed by atoms with Crippen molar-refractivity contribution in [2.45, 2.75) is 0 Å². The first-order valence-corrected chi connectivity index (χ1v) is 21.5.